The van der Waals surface area contributed by atoms with E-state index in [1.165, 1.54) is 25.3 Å². The van der Waals surface area contributed by atoms with Gasteiger partial charge < -0.3 is 9.64 Å². The Labute approximate surface area is 128 Å². The van der Waals surface area contributed by atoms with Crippen molar-refractivity contribution >= 4 is 23.2 Å². The van der Waals surface area contributed by atoms with Gasteiger partial charge in [0.15, 0.2) is 5.75 Å². The third kappa shape index (κ3) is 4.32. The van der Waals surface area contributed by atoms with E-state index in [0.717, 1.165) is 0 Å². The molecule has 1 aromatic rings. The number of nitro benzene ring substituents is 1. The Morgan fingerprint density at radius 1 is 1.48 bits per heavy atom. The van der Waals surface area contributed by atoms with Crippen LogP contribution in [0.5, 0.6) is 5.75 Å². The van der Waals surface area contributed by atoms with Gasteiger partial charge in [0.1, 0.15) is 0 Å². The molecular formula is C14H19ClN2O4. The SMILES string of the molecule is COc1ccc(C(=O)N(CCCCl)C(C)C)cc1[N+](=O)[O-]. The largest absolute Gasteiger partial charge is 0.490 e. The van der Waals surface area contributed by atoms with Crippen LogP contribution in [-0.4, -0.2) is 41.3 Å². The summed E-state index contributed by atoms with van der Waals surface area (Å²) in [6.45, 7) is 4.30. The molecule has 7 heteroatoms. The number of benzene rings is 1. The molecule has 0 aliphatic carbocycles. The molecule has 1 aromatic carbocycles. The van der Waals surface area contributed by atoms with Crippen LogP contribution < -0.4 is 4.74 Å². The number of methoxy groups -OCH3 is 1. The molecule has 6 nitrogen and oxygen atoms in total. The summed E-state index contributed by atoms with van der Waals surface area (Å²) in [7, 11) is 1.35. The number of alkyl halides is 1. The minimum absolute atomic E-state index is 0.0122. The number of nitro groups is 1. The average molecular weight is 315 g/mol. The monoisotopic (exact) mass is 314 g/mol. The van der Waals surface area contributed by atoms with Crippen LogP contribution in [0.25, 0.3) is 0 Å². The van der Waals surface area contributed by atoms with Crippen LogP contribution >= 0.6 is 11.6 Å². The van der Waals surface area contributed by atoms with E-state index >= 15 is 0 Å². The molecule has 21 heavy (non-hydrogen) atoms. The van der Waals surface area contributed by atoms with Gasteiger partial charge in [0.25, 0.3) is 5.91 Å². The van der Waals surface area contributed by atoms with Gasteiger partial charge in [0.2, 0.25) is 0 Å². The Hall–Kier alpha value is -1.82. The Balaban J connectivity index is 3.10. The standard InChI is InChI=1S/C14H19ClN2O4/c1-10(2)16(8-4-7-15)14(18)11-5-6-13(21-3)12(9-11)17(19)20/h5-6,9-10H,4,7-8H2,1-3H3. The minimum atomic E-state index is -0.561. The lowest BCUT2D eigenvalue weighted by Crippen LogP contribution is -2.37. The fraction of sp³-hybridized carbons (Fsp3) is 0.500. The molecule has 0 unspecified atom stereocenters. The van der Waals surface area contributed by atoms with Crippen LogP contribution in [0.3, 0.4) is 0 Å². The lowest BCUT2D eigenvalue weighted by Gasteiger charge is -2.26. The Kier molecular flexibility index (Phi) is 6.42. The number of rotatable bonds is 7. The van der Waals surface area contributed by atoms with Crippen LogP contribution in [0.1, 0.15) is 30.6 Å². The highest BCUT2D eigenvalue weighted by atomic mass is 35.5. The van der Waals surface area contributed by atoms with Gasteiger partial charge in [-0.05, 0) is 32.4 Å². The highest BCUT2D eigenvalue weighted by Gasteiger charge is 2.22. The van der Waals surface area contributed by atoms with Gasteiger partial charge >= 0.3 is 5.69 Å². The summed E-state index contributed by atoms with van der Waals surface area (Å²) in [5, 5.41) is 11.0. The quantitative estimate of drug-likeness (QED) is 0.440. The fourth-order valence-electron chi connectivity index (χ4n) is 1.96. The summed E-state index contributed by atoms with van der Waals surface area (Å²) in [6, 6.07) is 4.20. The molecule has 0 aliphatic rings. The topological polar surface area (TPSA) is 72.7 Å². The molecular weight excluding hydrogens is 296 g/mol. The zero-order valence-corrected chi connectivity index (χ0v) is 13.1. The van der Waals surface area contributed by atoms with E-state index in [0.29, 0.717) is 18.8 Å². The van der Waals surface area contributed by atoms with Crippen molar-refractivity contribution in [3.63, 3.8) is 0 Å². The van der Waals surface area contributed by atoms with Crippen LogP contribution in [0, 0.1) is 10.1 Å². The summed E-state index contributed by atoms with van der Waals surface area (Å²) in [5.41, 5.74) is 0.0511. The average Bonchev–Trinajstić information content (AvgIpc) is 2.46. The predicted molar refractivity (Wildman–Crippen MR) is 81.2 cm³/mol. The molecule has 0 aliphatic heterocycles. The predicted octanol–water partition coefficient (Wildman–Crippen LogP) is 3.08. The van der Waals surface area contributed by atoms with Gasteiger partial charge in [0, 0.05) is 30.1 Å². The first-order valence-electron chi connectivity index (χ1n) is 6.61. The summed E-state index contributed by atoms with van der Waals surface area (Å²) in [4.78, 5) is 24.6. The summed E-state index contributed by atoms with van der Waals surface area (Å²) in [5.74, 6) is 0.341. The lowest BCUT2D eigenvalue weighted by atomic mass is 10.1. The van der Waals surface area contributed by atoms with Crippen molar-refractivity contribution in [3.05, 3.63) is 33.9 Å². The summed E-state index contributed by atoms with van der Waals surface area (Å²) < 4.78 is 4.93. The van der Waals surface area contributed by atoms with E-state index in [4.69, 9.17) is 16.3 Å². The molecule has 0 aromatic heterocycles. The van der Waals surface area contributed by atoms with Crippen molar-refractivity contribution < 1.29 is 14.5 Å². The van der Waals surface area contributed by atoms with E-state index in [2.05, 4.69) is 0 Å². The third-order valence-corrected chi connectivity index (χ3v) is 3.31. The second-order valence-electron chi connectivity index (χ2n) is 4.78. The maximum absolute atomic E-state index is 12.5. The van der Waals surface area contributed by atoms with E-state index in [1.807, 2.05) is 13.8 Å². The molecule has 116 valence electrons. The van der Waals surface area contributed by atoms with Crippen LogP contribution in [-0.2, 0) is 0 Å². The zero-order valence-electron chi connectivity index (χ0n) is 12.3. The fourth-order valence-corrected chi connectivity index (χ4v) is 2.08. The molecule has 0 spiro atoms. The van der Waals surface area contributed by atoms with Crippen LogP contribution in [0.4, 0.5) is 5.69 Å². The maximum Gasteiger partial charge on any atom is 0.311 e. The molecule has 1 rings (SSSR count). The molecule has 0 N–H and O–H groups in total. The third-order valence-electron chi connectivity index (χ3n) is 3.04. The lowest BCUT2D eigenvalue weighted by molar-refractivity contribution is -0.385. The molecule has 0 radical (unpaired) electrons. The smallest absolute Gasteiger partial charge is 0.311 e. The number of amides is 1. The van der Waals surface area contributed by atoms with Crippen molar-refractivity contribution in [2.75, 3.05) is 19.5 Å². The molecule has 0 atom stereocenters. The Morgan fingerprint density at radius 3 is 2.62 bits per heavy atom. The minimum Gasteiger partial charge on any atom is -0.490 e. The van der Waals surface area contributed by atoms with Crippen molar-refractivity contribution in [1.82, 2.24) is 4.90 Å². The van der Waals surface area contributed by atoms with Crippen molar-refractivity contribution in [2.24, 2.45) is 0 Å². The number of nitrogens with zero attached hydrogens (tertiary/aromatic N) is 2. The Morgan fingerprint density at radius 2 is 2.14 bits per heavy atom. The number of carbonyl (C=O) groups excluding carboxylic acids is 1. The molecule has 1 amide bonds. The van der Waals surface area contributed by atoms with Gasteiger partial charge in [0.05, 0.1) is 12.0 Å². The molecule has 0 bridgehead atoms. The molecule has 0 heterocycles. The first-order chi connectivity index (χ1) is 9.92. The molecule has 0 saturated heterocycles. The molecule has 0 fully saturated rings. The van der Waals surface area contributed by atoms with E-state index in [-0.39, 0.29) is 28.9 Å². The van der Waals surface area contributed by atoms with E-state index in [1.54, 1.807) is 4.90 Å². The van der Waals surface area contributed by atoms with Crippen LogP contribution in [0.2, 0.25) is 0 Å². The van der Waals surface area contributed by atoms with Crippen molar-refractivity contribution in [2.45, 2.75) is 26.3 Å². The highest BCUT2D eigenvalue weighted by Crippen LogP contribution is 2.28. The second-order valence-corrected chi connectivity index (χ2v) is 5.16. The van der Waals surface area contributed by atoms with E-state index < -0.39 is 4.92 Å². The maximum atomic E-state index is 12.5. The van der Waals surface area contributed by atoms with Crippen LogP contribution in [0.15, 0.2) is 18.2 Å². The second kappa shape index (κ2) is 7.83. The zero-order chi connectivity index (χ0) is 16.0. The summed E-state index contributed by atoms with van der Waals surface area (Å²) in [6.07, 6.45) is 0.670. The van der Waals surface area contributed by atoms with Crippen molar-refractivity contribution in [1.29, 1.82) is 0 Å². The van der Waals surface area contributed by atoms with Crippen molar-refractivity contribution in [3.8, 4) is 5.75 Å². The first-order valence-corrected chi connectivity index (χ1v) is 7.15. The van der Waals surface area contributed by atoms with Gasteiger partial charge in [-0.3, -0.25) is 14.9 Å². The van der Waals surface area contributed by atoms with Gasteiger partial charge in [-0.1, -0.05) is 0 Å². The van der Waals surface area contributed by atoms with Gasteiger partial charge in [-0.25, -0.2) is 0 Å². The van der Waals surface area contributed by atoms with Gasteiger partial charge in [-0.15, -0.1) is 11.6 Å². The molecule has 0 saturated carbocycles. The van der Waals surface area contributed by atoms with Gasteiger partial charge in [-0.2, -0.15) is 0 Å². The van der Waals surface area contributed by atoms with E-state index in [9.17, 15) is 14.9 Å². The number of halogens is 1. The number of ether oxygens (including phenoxy) is 1. The number of hydrogen-bond acceptors (Lipinski definition) is 4. The number of hydrogen-bond donors (Lipinski definition) is 0. The highest BCUT2D eigenvalue weighted by molar-refractivity contribution is 6.17. The summed E-state index contributed by atoms with van der Waals surface area (Å²) >= 11 is 5.66. The normalized spacial score (nSPS) is 10.5. The number of carbonyl (C=O) groups is 1. The first kappa shape index (κ1) is 17.2. The Bertz CT molecular complexity index is 520.